The number of hydrogen-bond acceptors (Lipinski definition) is 5. The van der Waals surface area contributed by atoms with Gasteiger partial charge < -0.3 is 19.9 Å². The van der Waals surface area contributed by atoms with Crippen molar-refractivity contribution in [2.75, 3.05) is 14.2 Å². The Morgan fingerprint density at radius 1 is 1.05 bits per heavy atom. The summed E-state index contributed by atoms with van der Waals surface area (Å²) in [5.74, 6) is 2.10. The lowest BCUT2D eigenvalue weighted by Crippen LogP contribution is -2.03. The summed E-state index contributed by atoms with van der Waals surface area (Å²) in [6.07, 6.45) is 0. The maximum Gasteiger partial charge on any atom is 0.161 e. The van der Waals surface area contributed by atoms with Gasteiger partial charge in [0.25, 0.3) is 0 Å². The molecule has 2 N–H and O–H groups in total. The highest BCUT2D eigenvalue weighted by molar-refractivity contribution is 5.43. The zero-order valence-electron chi connectivity index (χ0n) is 12.6. The highest BCUT2D eigenvalue weighted by atomic mass is 16.5. The summed E-state index contributed by atoms with van der Waals surface area (Å²) in [5.41, 5.74) is 8.30. The molecule has 0 aliphatic heterocycles. The molecule has 21 heavy (non-hydrogen) atoms. The van der Waals surface area contributed by atoms with Crippen molar-refractivity contribution in [2.24, 2.45) is 5.73 Å². The molecular formula is C16H20N2O3. The van der Waals surface area contributed by atoms with E-state index in [4.69, 9.17) is 19.9 Å². The van der Waals surface area contributed by atoms with Crippen molar-refractivity contribution in [3.05, 3.63) is 47.3 Å². The van der Waals surface area contributed by atoms with Gasteiger partial charge in [0.05, 0.1) is 19.9 Å². The Balaban J connectivity index is 2.14. The van der Waals surface area contributed by atoms with Crippen LogP contribution < -0.4 is 19.9 Å². The Bertz CT molecular complexity index is 614. The zero-order chi connectivity index (χ0) is 15.2. The molecule has 2 rings (SSSR count). The fraction of sp³-hybridized carbons (Fsp3) is 0.312. The molecule has 0 saturated carbocycles. The molecule has 0 radical (unpaired) electrons. The summed E-state index contributed by atoms with van der Waals surface area (Å²) in [6.45, 7) is 2.73. The Hall–Kier alpha value is -2.27. The van der Waals surface area contributed by atoms with E-state index in [0.29, 0.717) is 24.7 Å². The average Bonchev–Trinajstić information content (AvgIpc) is 2.52. The maximum atomic E-state index is 5.78. The standard InChI is InChI=1S/C16H20N2O3/c1-11-6-14(19-2)8-13(18-11)10-21-15-5-4-12(9-17)7-16(15)20-3/h4-8H,9-10,17H2,1-3H3. The van der Waals surface area contributed by atoms with Gasteiger partial charge in [0.15, 0.2) is 11.5 Å². The largest absolute Gasteiger partial charge is 0.497 e. The molecule has 1 aromatic carbocycles. The number of aromatic nitrogens is 1. The third-order valence-electron chi connectivity index (χ3n) is 3.05. The lowest BCUT2D eigenvalue weighted by Gasteiger charge is -2.12. The van der Waals surface area contributed by atoms with Crippen molar-refractivity contribution < 1.29 is 14.2 Å². The summed E-state index contributed by atoms with van der Waals surface area (Å²) >= 11 is 0. The van der Waals surface area contributed by atoms with Gasteiger partial charge in [0, 0.05) is 24.4 Å². The van der Waals surface area contributed by atoms with E-state index in [1.54, 1.807) is 14.2 Å². The Kier molecular flexibility index (Phi) is 5.00. The number of nitrogens with zero attached hydrogens (tertiary/aromatic N) is 1. The number of rotatable bonds is 6. The summed E-state index contributed by atoms with van der Waals surface area (Å²) in [4.78, 5) is 4.42. The Morgan fingerprint density at radius 2 is 1.86 bits per heavy atom. The minimum atomic E-state index is 0.344. The topological polar surface area (TPSA) is 66.6 Å². The molecule has 5 heteroatoms. The zero-order valence-corrected chi connectivity index (χ0v) is 12.6. The van der Waals surface area contributed by atoms with Crippen LogP contribution in [0.4, 0.5) is 0 Å². The molecule has 0 amide bonds. The first kappa shape index (κ1) is 15.1. The van der Waals surface area contributed by atoms with Crippen LogP contribution in [0.5, 0.6) is 17.2 Å². The van der Waals surface area contributed by atoms with Crippen molar-refractivity contribution >= 4 is 0 Å². The first-order valence-corrected chi connectivity index (χ1v) is 6.67. The van der Waals surface area contributed by atoms with Crippen LogP contribution in [0, 0.1) is 6.92 Å². The summed E-state index contributed by atoms with van der Waals surface area (Å²) in [5, 5.41) is 0. The van der Waals surface area contributed by atoms with Gasteiger partial charge in [-0.2, -0.15) is 0 Å². The molecule has 0 aliphatic carbocycles. The minimum Gasteiger partial charge on any atom is -0.497 e. The van der Waals surface area contributed by atoms with Gasteiger partial charge in [-0.3, -0.25) is 4.98 Å². The number of benzene rings is 1. The third-order valence-corrected chi connectivity index (χ3v) is 3.05. The normalized spacial score (nSPS) is 10.3. The van der Waals surface area contributed by atoms with Gasteiger partial charge in [0.2, 0.25) is 0 Å². The molecule has 0 saturated heterocycles. The van der Waals surface area contributed by atoms with Crippen LogP contribution in [0.3, 0.4) is 0 Å². The quantitative estimate of drug-likeness (QED) is 0.884. The fourth-order valence-corrected chi connectivity index (χ4v) is 2.00. The van der Waals surface area contributed by atoms with E-state index >= 15 is 0 Å². The Labute approximate surface area is 124 Å². The van der Waals surface area contributed by atoms with E-state index in [9.17, 15) is 0 Å². The molecule has 0 fully saturated rings. The molecule has 112 valence electrons. The summed E-state index contributed by atoms with van der Waals surface area (Å²) < 4.78 is 16.3. The van der Waals surface area contributed by atoms with Crippen molar-refractivity contribution in [1.29, 1.82) is 0 Å². The molecule has 0 atom stereocenters. The predicted molar refractivity (Wildman–Crippen MR) is 80.7 cm³/mol. The molecule has 1 aromatic heterocycles. The third kappa shape index (κ3) is 3.86. The average molecular weight is 288 g/mol. The number of aryl methyl sites for hydroxylation is 1. The molecule has 5 nitrogen and oxygen atoms in total. The van der Waals surface area contributed by atoms with Crippen molar-refractivity contribution in [1.82, 2.24) is 4.98 Å². The summed E-state index contributed by atoms with van der Waals surface area (Å²) in [6, 6.07) is 9.38. The van der Waals surface area contributed by atoms with E-state index in [-0.39, 0.29) is 0 Å². The molecule has 0 spiro atoms. The molecule has 0 unspecified atom stereocenters. The van der Waals surface area contributed by atoms with Crippen LogP contribution >= 0.6 is 0 Å². The van der Waals surface area contributed by atoms with Crippen molar-refractivity contribution in [3.8, 4) is 17.2 Å². The monoisotopic (exact) mass is 288 g/mol. The highest BCUT2D eigenvalue weighted by Crippen LogP contribution is 2.28. The molecule has 0 aliphatic rings. The minimum absolute atomic E-state index is 0.344. The highest BCUT2D eigenvalue weighted by Gasteiger charge is 2.07. The second-order valence-corrected chi connectivity index (χ2v) is 4.62. The number of pyridine rings is 1. The van der Waals surface area contributed by atoms with Crippen LogP contribution in [0.2, 0.25) is 0 Å². The number of ether oxygens (including phenoxy) is 3. The lowest BCUT2D eigenvalue weighted by molar-refractivity contribution is 0.279. The van der Waals surface area contributed by atoms with Gasteiger partial charge >= 0.3 is 0 Å². The van der Waals surface area contributed by atoms with E-state index in [2.05, 4.69) is 4.98 Å². The van der Waals surface area contributed by atoms with Crippen LogP contribution in [0.15, 0.2) is 30.3 Å². The lowest BCUT2D eigenvalue weighted by atomic mass is 10.2. The molecule has 2 aromatic rings. The van der Waals surface area contributed by atoms with Gasteiger partial charge in [0.1, 0.15) is 12.4 Å². The van der Waals surface area contributed by atoms with Crippen molar-refractivity contribution in [3.63, 3.8) is 0 Å². The summed E-state index contributed by atoms with van der Waals surface area (Å²) in [7, 11) is 3.24. The van der Waals surface area contributed by atoms with E-state index in [1.807, 2.05) is 37.3 Å². The smallest absolute Gasteiger partial charge is 0.161 e. The van der Waals surface area contributed by atoms with Crippen LogP contribution in [-0.4, -0.2) is 19.2 Å². The number of nitrogens with two attached hydrogens (primary N) is 1. The van der Waals surface area contributed by atoms with Gasteiger partial charge in [-0.15, -0.1) is 0 Å². The van der Waals surface area contributed by atoms with E-state index in [1.165, 1.54) is 0 Å². The number of hydrogen-bond donors (Lipinski definition) is 1. The van der Waals surface area contributed by atoms with Crippen LogP contribution in [-0.2, 0) is 13.2 Å². The van der Waals surface area contributed by atoms with Crippen molar-refractivity contribution in [2.45, 2.75) is 20.1 Å². The second-order valence-electron chi connectivity index (χ2n) is 4.62. The van der Waals surface area contributed by atoms with Gasteiger partial charge in [-0.25, -0.2) is 0 Å². The van der Waals surface area contributed by atoms with Gasteiger partial charge in [-0.05, 0) is 24.6 Å². The predicted octanol–water partition coefficient (Wildman–Crippen LogP) is 2.44. The van der Waals surface area contributed by atoms with Crippen LogP contribution in [0.25, 0.3) is 0 Å². The molecule has 1 heterocycles. The first-order chi connectivity index (χ1) is 10.2. The Morgan fingerprint density at radius 3 is 2.52 bits per heavy atom. The van der Waals surface area contributed by atoms with Crippen LogP contribution in [0.1, 0.15) is 17.0 Å². The van der Waals surface area contributed by atoms with E-state index in [0.717, 1.165) is 22.7 Å². The fourth-order valence-electron chi connectivity index (χ4n) is 2.00. The molecule has 0 bridgehead atoms. The second kappa shape index (κ2) is 6.95. The maximum absolute atomic E-state index is 5.78. The number of methoxy groups -OCH3 is 2. The van der Waals surface area contributed by atoms with Gasteiger partial charge in [-0.1, -0.05) is 6.07 Å². The van der Waals surface area contributed by atoms with E-state index < -0.39 is 0 Å². The SMILES string of the molecule is COc1cc(C)nc(COc2ccc(CN)cc2OC)c1. The first-order valence-electron chi connectivity index (χ1n) is 6.67. The molecular weight excluding hydrogens is 268 g/mol.